The van der Waals surface area contributed by atoms with Crippen LogP contribution >= 0.6 is 23.5 Å². The number of hydrogen-bond acceptors (Lipinski definition) is 6. The topological polar surface area (TPSA) is 47.6 Å². The van der Waals surface area contributed by atoms with Gasteiger partial charge in [-0.3, -0.25) is 10.1 Å². The summed E-state index contributed by atoms with van der Waals surface area (Å²) in [6, 6.07) is 0. The molecule has 3 rings (SSSR count). The van der Waals surface area contributed by atoms with E-state index in [9.17, 15) is 4.79 Å². The Hall–Kier alpha value is 0.0900. The third-order valence-corrected chi connectivity index (χ3v) is 9.94. The standard InChI is InChI=1S/C22H39NO3S2/c1-20(2,3)26-18(24)15-10-7-8-11-16(15)22(6,19-27-12-9-13-28-19)17-14-23-21(4,5)25-17/h15-17,19,23H,7-14H2,1-6H3/t15?,16-,17?,22?/m0/s1. The van der Waals surface area contributed by atoms with Gasteiger partial charge in [0.2, 0.25) is 0 Å². The third kappa shape index (κ3) is 5.04. The molecule has 28 heavy (non-hydrogen) atoms. The summed E-state index contributed by atoms with van der Waals surface area (Å²) in [5, 5.41) is 3.56. The van der Waals surface area contributed by atoms with Gasteiger partial charge in [0.25, 0.3) is 0 Å². The van der Waals surface area contributed by atoms with Crippen LogP contribution in [-0.2, 0) is 14.3 Å². The first-order chi connectivity index (χ1) is 13.0. The number of ether oxygens (including phenoxy) is 2. The maximum atomic E-state index is 13.2. The maximum Gasteiger partial charge on any atom is 0.309 e. The molecule has 4 nitrogen and oxygen atoms in total. The second-order valence-electron chi connectivity index (χ2n) is 10.3. The van der Waals surface area contributed by atoms with Crippen molar-refractivity contribution in [2.24, 2.45) is 17.3 Å². The highest BCUT2D eigenvalue weighted by atomic mass is 32.2. The smallest absolute Gasteiger partial charge is 0.309 e. The van der Waals surface area contributed by atoms with E-state index in [-0.39, 0.29) is 29.1 Å². The molecule has 6 heteroatoms. The minimum Gasteiger partial charge on any atom is -0.460 e. The number of carbonyl (C=O) groups excluding carboxylic acids is 1. The SMILES string of the molecule is CC(C)(C)OC(=O)C1CCCC[C@@H]1C(C)(C1CNC(C)(C)O1)C1SCCCS1. The van der Waals surface area contributed by atoms with E-state index in [1.54, 1.807) is 0 Å². The second-order valence-corrected chi connectivity index (χ2v) is 13.0. The summed E-state index contributed by atoms with van der Waals surface area (Å²) < 4.78 is 12.9. The molecule has 3 fully saturated rings. The summed E-state index contributed by atoms with van der Waals surface area (Å²) in [5.74, 6) is 2.70. The largest absolute Gasteiger partial charge is 0.460 e. The Morgan fingerprint density at radius 1 is 1.07 bits per heavy atom. The summed E-state index contributed by atoms with van der Waals surface area (Å²) in [5.41, 5.74) is -0.790. The maximum absolute atomic E-state index is 13.2. The lowest BCUT2D eigenvalue weighted by Crippen LogP contribution is -2.53. The average molecular weight is 430 g/mol. The molecule has 1 aliphatic carbocycles. The fourth-order valence-corrected chi connectivity index (χ4v) is 8.64. The number of thioether (sulfide) groups is 2. The predicted octanol–water partition coefficient (Wildman–Crippen LogP) is 5.06. The predicted molar refractivity (Wildman–Crippen MR) is 120 cm³/mol. The van der Waals surface area contributed by atoms with Gasteiger partial charge >= 0.3 is 5.97 Å². The molecule has 0 aromatic carbocycles. The van der Waals surface area contributed by atoms with Crippen molar-refractivity contribution in [3.8, 4) is 0 Å². The highest BCUT2D eigenvalue weighted by Crippen LogP contribution is 2.56. The molecule has 3 aliphatic rings. The monoisotopic (exact) mass is 429 g/mol. The molecule has 2 heterocycles. The van der Waals surface area contributed by atoms with E-state index in [4.69, 9.17) is 9.47 Å². The molecule has 0 bridgehead atoms. The van der Waals surface area contributed by atoms with Crippen LogP contribution in [0.2, 0.25) is 0 Å². The van der Waals surface area contributed by atoms with Crippen molar-refractivity contribution < 1.29 is 14.3 Å². The van der Waals surface area contributed by atoms with Crippen LogP contribution in [0.1, 0.15) is 73.6 Å². The summed E-state index contributed by atoms with van der Waals surface area (Å²) in [7, 11) is 0. The van der Waals surface area contributed by atoms with Gasteiger partial charge in [-0.1, -0.05) is 19.8 Å². The van der Waals surface area contributed by atoms with E-state index >= 15 is 0 Å². The quantitative estimate of drug-likeness (QED) is 0.630. The Kier molecular flexibility index (Phi) is 7.06. The first kappa shape index (κ1) is 22.8. The summed E-state index contributed by atoms with van der Waals surface area (Å²) in [4.78, 5) is 13.2. The molecule has 0 radical (unpaired) electrons. The fourth-order valence-electron chi connectivity index (χ4n) is 5.07. The van der Waals surface area contributed by atoms with Crippen molar-refractivity contribution in [3.05, 3.63) is 0 Å². The van der Waals surface area contributed by atoms with Gasteiger partial charge in [-0.15, -0.1) is 23.5 Å². The van der Waals surface area contributed by atoms with Gasteiger partial charge in [0, 0.05) is 12.0 Å². The van der Waals surface area contributed by atoms with Crippen LogP contribution in [0.5, 0.6) is 0 Å². The van der Waals surface area contributed by atoms with Gasteiger partial charge < -0.3 is 9.47 Å². The van der Waals surface area contributed by atoms with Gasteiger partial charge in [0.05, 0.1) is 16.6 Å². The zero-order chi connectivity index (χ0) is 20.6. The zero-order valence-corrected chi connectivity index (χ0v) is 20.1. The molecular formula is C22H39NO3S2. The number of carbonyl (C=O) groups is 1. The van der Waals surface area contributed by atoms with Crippen LogP contribution in [0.3, 0.4) is 0 Å². The Balaban J connectivity index is 1.91. The molecule has 4 atom stereocenters. The molecule has 1 N–H and O–H groups in total. The molecule has 2 saturated heterocycles. The minimum absolute atomic E-state index is 0.000509. The van der Waals surface area contributed by atoms with Crippen LogP contribution < -0.4 is 5.32 Å². The summed E-state index contributed by atoms with van der Waals surface area (Å²) in [6.07, 6.45) is 5.76. The van der Waals surface area contributed by atoms with E-state index in [0.717, 1.165) is 25.8 Å². The van der Waals surface area contributed by atoms with Crippen molar-refractivity contribution in [2.75, 3.05) is 18.1 Å². The molecule has 162 valence electrons. The Morgan fingerprint density at radius 2 is 1.71 bits per heavy atom. The van der Waals surface area contributed by atoms with Gasteiger partial charge in [0.15, 0.2) is 0 Å². The van der Waals surface area contributed by atoms with Crippen molar-refractivity contribution in [3.63, 3.8) is 0 Å². The summed E-state index contributed by atoms with van der Waals surface area (Å²) in [6.45, 7) is 13.4. The van der Waals surface area contributed by atoms with E-state index in [1.165, 1.54) is 24.3 Å². The van der Waals surface area contributed by atoms with Crippen LogP contribution in [0.15, 0.2) is 0 Å². The Labute approximate surface area is 180 Å². The lowest BCUT2D eigenvalue weighted by atomic mass is 9.62. The number of esters is 1. The van der Waals surface area contributed by atoms with E-state index in [0.29, 0.717) is 10.5 Å². The molecular weight excluding hydrogens is 390 g/mol. The fraction of sp³-hybridized carbons (Fsp3) is 0.955. The van der Waals surface area contributed by atoms with Gasteiger partial charge in [-0.25, -0.2) is 0 Å². The van der Waals surface area contributed by atoms with Crippen LogP contribution in [0.4, 0.5) is 0 Å². The second kappa shape index (κ2) is 8.68. The van der Waals surface area contributed by atoms with E-state index < -0.39 is 5.60 Å². The normalized spacial score (nSPS) is 34.0. The van der Waals surface area contributed by atoms with E-state index in [1.807, 2.05) is 20.8 Å². The number of hydrogen-bond donors (Lipinski definition) is 1. The van der Waals surface area contributed by atoms with Gasteiger partial charge in [-0.05, 0) is 71.3 Å². The zero-order valence-electron chi connectivity index (χ0n) is 18.5. The van der Waals surface area contributed by atoms with Crippen molar-refractivity contribution in [2.45, 2.75) is 95.7 Å². The number of rotatable bonds is 4. The Bertz CT molecular complexity index is 556. The van der Waals surface area contributed by atoms with E-state index in [2.05, 4.69) is 49.6 Å². The highest BCUT2D eigenvalue weighted by molar-refractivity contribution is 8.17. The van der Waals surface area contributed by atoms with Gasteiger partial charge in [0.1, 0.15) is 11.3 Å². The first-order valence-electron chi connectivity index (χ1n) is 10.9. The lowest BCUT2D eigenvalue weighted by Gasteiger charge is -2.51. The van der Waals surface area contributed by atoms with Crippen LogP contribution in [0, 0.1) is 17.3 Å². The van der Waals surface area contributed by atoms with Crippen molar-refractivity contribution in [1.82, 2.24) is 5.32 Å². The Morgan fingerprint density at radius 3 is 2.29 bits per heavy atom. The number of nitrogens with one attached hydrogen (secondary N) is 1. The highest BCUT2D eigenvalue weighted by Gasteiger charge is 2.56. The average Bonchev–Trinajstić information content (AvgIpc) is 3.00. The molecule has 0 aromatic rings. The molecule has 0 amide bonds. The minimum atomic E-state index is -0.433. The lowest BCUT2D eigenvalue weighted by molar-refractivity contribution is -0.169. The summed E-state index contributed by atoms with van der Waals surface area (Å²) >= 11 is 4.16. The van der Waals surface area contributed by atoms with Gasteiger partial charge in [-0.2, -0.15) is 0 Å². The molecule has 1 saturated carbocycles. The van der Waals surface area contributed by atoms with Crippen molar-refractivity contribution in [1.29, 1.82) is 0 Å². The molecule has 3 unspecified atom stereocenters. The van der Waals surface area contributed by atoms with Crippen molar-refractivity contribution >= 4 is 29.5 Å². The molecule has 2 aliphatic heterocycles. The van der Waals surface area contributed by atoms with Crippen LogP contribution in [-0.4, -0.2) is 46.0 Å². The van der Waals surface area contributed by atoms with Crippen LogP contribution in [0.25, 0.3) is 0 Å². The third-order valence-electron chi connectivity index (χ3n) is 6.45. The first-order valence-corrected chi connectivity index (χ1v) is 13.0. The molecule has 0 spiro atoms. The molecule has 0 aromatic heterocycles.